The van der Waals surface area contributed by atoms with E-state index in [9.17, 15) is 14.4 Å². The van der Waals surface area contributed by atoms with Gasteiger partial charge in [-0.3, -0.25) is 9.59 Å². The molecule has 0 aromatic carbocycles. The van der Waals surface area contributed by atoms with Gasteiger partial charge in [-0.2, -0.15) is 0 Å². The van der Waals surface area contributed by atoms with Gasteiger partial charge in [0.15, 0.2) is 0 Å². The Balaban J connectivity index is 3.74. The minimum atomic E-state index is -1.20. The molecule has 22 heavy (non-hydrogen) atoms. The summed E-state index contributed by atoms with van der Waals surface area (Å²) in [5.41, 5.74) is 0. The van der Waals surface area contributed by atoms with Gasteiger partial charge < -0.3 is 15.5 Å². The Kier molecular flexibility index (Phi) is 11.8. The normalized spacial score (nSPS) is 11.6. The van der Waals surface area contributed by atoms with E-state index >= 15 is 0 Å². The molecule has 6 nitrogen and oxygen atoms in total. The van der Waals surface area contributed by atoms with E-state index in [0.717, 1.165) is 44.9 Å². The summed E-state index contributed by atoms with van der Waals surface area (Å²) in [6.07, 6.45) is 9.01. The summed E-state index contributed by atoms with van der Waals surface area (Å²) in [6, 6.07) is -1.12. The van der Waals surface area contributed by atoms with Crippen LogP contribution in [0, 0.1) is 0 Å². The molecule has 0 aliphatic carbocycles. The van der Waals surface area contributed by atoms with E-state index in [4.69, 9.17) is 10.2 Å². The minimum absolute atomic E-state index is 0.0975. The van der Waals surface area contributed by atoms with Crippen molar-refractivity contribution in [2.75, 3.05) is 0 Å². The van der Waals surface area contributed by atoms with Crippen molar-refractivity contribution in [2.24, 2.45) is 0 Å². The molecule has 0 saturated carbocycles. The molecule has 0 aliphatic rings. The molecular formula is C16H27NO5. The summed E-state index contributed by atoms with van der Waals surface area (Å²) >= 11 is 0. The second-order valence-corrected chi connectivity index (χ2v) is 5.34. The molecule has 0 aromatic rings. The molecule has 3 N–H and O–H groups in total. The predicted molar refractivity (Wildman–Crippen MR) is 83.6 cm³/mol. The number of nitrogens with one attached hydrogen (secondary N) is 1. The summed E-state index contributed by atoms with van der Waals surface area (Å²) in [4.78, 5) is 33.0. The van der Waals surface area contributed by atoms with E-state index in [2.05, 4.69) is 11.9 Å². The number of aliphatic carboxylic acids is 2. The number of carboxylic acid groups (broad SMARTS) is 2. The molecule has 0 rings (SSSR count). The lowest BCUT2D eigenvalue weighted by atomic mass is 10.1. The van der Waals surface area contributed by atoms with Crippen molar-refractivity contribution in [3.05, 3.63) is 12.7 Å². The fourth-order valence-corrected chi connectivity index (χ4v) is 2.07. The average Bonchev–Trinajstić information content (AvgIpc) is 2.45. The van der Waals surface area contributed by atoms with Crippen LogP contribution in [0.4, 0.5) is 0 Å². The fraction of sp³-hybridized carbons (Fsp3) is 0.688. The van der Waals surface area contributed by atoms with Crippen molar-refractivity contribution in [1.29, 1.82) is 0 Å². The number of hydrogen-bond donors (Lipinski definition) is 3. The molecule has 0 saturated heterocycles. The summed E-state index contributed by atoms with van der Waals surface area (Å²) < 4.78 is 0. The Labute approximate surface area is 131 Å². The summed E-state index contributed by atoms with van der Waals surface area (Å²) in [6.45, 7) is 3.67. The number of allylic oxidation sites excluding steroid dienone is 1. The van der Waals surface area contributed by atoms with Gasteiger partial charge in [0.05, 0.1) is 0 Å². The van der Waals surface area contributed by atoms with Crippen molar-refractivity contribution >= 4 is 17.8 Å². The first kappa shape index (κ1) is 20.1. The lowest BCUT2D eigenvalue weighted by molar-refractivity contribution is -0.143. The molecule has 6 heteroatoms. The summed E-state index contributed by atoms with van der Waals surface area (Å²) in [5.74, 6) is -2.60. The van der Waals surface area contributed by atoms with Gasteiger partial charge in [0.25, 0.3) is 0 Å². The molecule has 1 atom stereocenters. The van der Waals surface area contributed by atoms with E-state index in [0.29, 0.717) is 0 Å². The molecule has 1 amide bonds. The van der Waals surface area contributed by atoms with Crippen molar-refractivity contribution in [3.63, 3.8) is 0 Å². The number of carboxylic acids is 2. The van der Waals surface area contributed by atoms with Gasteiger partial charge in [-0.1, -0.05) is 31.8 Å². The van der Waals surface area contributed by atoms with Crippen LogP contribution in [0.5, 0.6) is 0 Å². The van der Waals surface area contributed by atoms with Gasteiger partial charge >= 0.3 is 11.9 Å². The number of hydrogen-bond acceptors (Lipinski definition) is 3. The predicted octanol–water partition coefficient (Wildman–Crippen LogP) is 2.73. The molecule has 0 radical (unpaired) electrons. The van der Waals surface area contributed by atoms with Gasteiger partial charge in [0, 0.05) is 12.8 Å². The van der Waals surface area contributed by atoms with E-state index < -0.39 is 18.0 Å². The van der Waals surface area contributed by atoms with E-state index in [1.165, 1.54) is 0 Å². The maximum Gasteiger partial charge on any atom is 0.326 e. The maximum atomic E-state index is 11.6. The van der Waals surface area contributed by atoms with Crippen LogP contribution in [-0.4, -0.2) is 34.1 Å². The van der Waals surface area contributed by atoms with Crippen LogP contribution in [0.1, 0.15) is 64.2 Å². The second kappa shape index (κ2) is 12.9. The third-order valence-electron chi connectivity index (χ3n) is 3.34. The molecule has 0 fully saturated rings. The molecule has 0 unspecified atom stereocenters. The molecular weight excluding hydrogens is 286 g/mol. The van der Waals surface area contributed by atoms with Crippen LogP contribution < -0.4 is 5.32 Å². The van der Waals surface area contributed by atoms with E-state index in [1.807, 2.05) is 6.08 Å². The number of amides is 1. The van der Waals surface area contributed by atoms with Crippen molar-refractivity contribution in [3.8, 4) is 0 Å². The molecule has 0 heterocycles. The Bertz CT molecular complexity index is 368. The van der Waals surface area contributed by atoms with Gasteiger partial charge in [0.1, 0.15) is 6.04 Å². The summed E-state index contributed by atoms with van der Waals surface area (Å²) in [5, 5.41) is 19.9. The van der Waals surface area contributed by atoms with E-state index in [-0.39, 0.29) is 25.2 Å². The Hall–Kier alpha value is -1.85. The number of carbonyl (C=O) groups excluding carboxylic acids is 1. The first-order valence-electron chi connectivity index (χ1n) is 7.82. The zero-order valence-electron chi connectivity index (χ0n) is 13.1. The molecule has 0 aliphatic heterocycles. The highest BCUT2D eigenvalue weighted by molar-refractivity contribution is 5.83. The minimum Gasteiger partial charge on any atom is -0.481 e. The Morgan fingerprint density at radius 2 is 1.55 bits per heavy atom. The fourth-order valence-electron chi connectivity index (χ4n) is 2.07. The molecule has 0 bridgehead atoms. The van der Waals surface area contributed by atoms with E-state index in [1.54, 1.807) is 0 Å². The number of rotatable bonds is 14. The van der Waals surface area contributed by atoms with Crippen LogP contribution in [0.15, 0.2) is 12.7 Å². The highest BCUT2D eigenvalue weighted by Gasteiger charge is 2.20. The Morgan fingerprint density at radius 1 is 0.955 bits per heavy atom. The van der Waals surface area contributed by atoms with Crippen molar-refractivity contribution in [2.45, 2.75) is 70.3 Å². The smallest absolute Gasteiger partial charge is 0.326 e. The third kappa shape index (κ3) is 11.9. The highest BCUT2D eigenvalue weighted by Crippen LogP contribution is 2.09. The summed E-state index contributed by atoms with van der Waals surface area (Å²) in [7, 11) is 0. The highest BCUT2D eigenvalue weighted by atomic mass is 16.4. The van der Waals surface area contributed by atoms with Crippen LogP contribution in [-0.2, 0) is 14.4 Å². The third-order valence-corrected chi connectivity index (χ3v) is 3.34. The number of unbranched alkanes of at least 4 members (excludes halogenated alkanes) is 6. The first-order chi connectivity index (χ1) is 10.5. The van der Waals surface area contributed by atoms with Gasteiger partial charge in [0.2, 0.25) is 5.91 Å². The second-order valence-electron chi connectivity index (χ2n) is 5.34. The van der Waals surface area contributed by atoms with Gasteiger partial charge in [-0.15, -0.1) is 6.58 Å². The van der Waals surface area contributed by atoms with Crippen LogP contribution >= 0.6 is 0 Å². The van der Waals surface area contributed by atoms with Crippen molar-refractivity contribution < 1.29 is 24.6 Å². The van der Waals surface area contributed by atoms with Crippen LogP contribution in [0.3, 0.4) is 0 Å². The maximum absolute atomic E-state index is 11.6. The standard InChI is InChI=1S/C16H27NO5/c1-2-3-4-5-6-7-8-9-10-14(18)17-13(16(21)22)11-12-15(19)20/h2,13H,1,3-12H2,(H,17,18)(H,19,20)(H,21,22)/t13-/m1/s1. The zero-order valence-corrected chi connectivity index (χ0v) is 13.1. The van der Waals surface area contributed by atoms with Crippen LogP contribution in [0.2, 0.25) is 0 Å². The quantitative estimate of drug-likeness (QED) is 0.338. The number of carbonyl (C=O) groups is 3. The van der Waals surface area contributed by atoms with Crippen molar-refractivity contribution in [1.82, 2.24) is 5.32 Å². The molecule has 126 valence electrons. The van der Waals surface area contributed by atoms with Crippen LogP contribution in [0.25, 0.3) is 0 Å². The SMILES string of the molecule is C=CCCCCCCCCC(=O)N[C@H](CCC(=O)O)C(=O)O. The topological polar surface area (TPSA) is 104 Å². The molecule has 0 spiro atoms. The van der Waals surface area contributed by atoms with Gasteiger partial charge in [-0.25, -0.2) is 4.79 Å². The zero-order chi connectivity index (χ0) is 16.8. The monoisotopic (exact) mass is 313 g/mol. The van der Waals surface area contributed by atoms with Gasteiger partial charge in [-0.05, 0) is 25.7 Å². The Morgan fingerprint density at radius 3 is 2.09 bits per heavy atom. The lowest BCUT2D eigenvalue weighted by Crippen LogP contribution is -2.41. The average molecular weight is 313 g/mol. The lowest BCUT2D eigenvalue weighted by Gasteiger charge is -2.13. The molecule has 0 aromatic heterocycles. The largest absolute Gasteiger partial charge is 0.481 e. The first-order valence-corrected chi connectivity index (χ1v) is 7.82.